The number of aromatic nitrogens is 3. The van der Waals surface area contributed by atoms with Crippen molar-refractivity contribution >= 4 is 23.1 Å². The normalized spacial score (nSPS) is 10.4. The van der Waals surface area contributed by atoms with Gasteiger partial charge in [0.2, 0.25) is 5.95 Å². The molecule has 0 aromatic carbocycles. The fourth-order valence-electron chi connectivity index (χ4n) is 1.53. The van der Waals surface area contributed by atoms with Gasteiger partial charge in [-0.3, -0.25) is 0 Å². The molecule has 5 nitrogen and oxygen atoms in total. The molecule has 2 heterocycles. The van der Waals surface area contributed by atoms with E-state index < -0.39 is 0 Å². The molecule has 0 fully saturated rings. The number of hydrogen-bond donors (Lipinski definition) is 0. The van der Waals surface area contributed by atoms with Crippen LogP contribution in [-0.4, -0.2) is 36.1 Å². The molecule has 18 heavy (non-hydrogen) atoms. The Hall–Kier alpha value is -1.69. The van der Waals surface area contributed by atoms with Crippen molar-refractivity contribution in [2.24, 2.45) is 0 Å². The first-order valence-electron chi connectivity index (χ1n) is 5.69. The Morgan fingerprint density at radius 2 is 2.00 bits per heavy atom. The van der Waals surface area contributed by atoms with E-state index in [4.69, 9.17) is 0 Å². The van der Waals surface area contributed by atoms with Gasteiger partial charge in [0.05, 0.1) is 6.54 Å². The number of thiazole rings is 1. The van der Waals surface area contributed by atoms with Crippen molar-refractivity contribution in [3.63, 3.8) is 0 Å². The van der Waals surface area contributed by atoms with Crippen molar-refractivity contribution in [2.45, 2.75) is 13.5 Å². The first-order chi connectivity index (χ1) is 8.56. The van der Waals surface area contributed by atoms with E-state index in [0.29, 0.717) is 0 Å². The van der Waals surface area contributed by atoms with Crippen molar-refractivity contribution < 1.29 is 0 Å². The molecule has 2 aromatic rings. The van der Waals surface area contributed by atoms with Crippen LogP contribution < -0.4 is 9.80 Å². The number of nitrogens with zero attached hydrogens (tertiary/aromatic N) is 5. The number of rotatable bonds is 4. The topological polar surface area (TPSA) is 45.2 Å². The lowest BCUT2D eigenvalue weighted by atomic mass is 10.5. The quantitative estimate of drug-likeness (QED) is 0.843. The van der Waals surface area contributed by atoms with E-state index in [1.165, 1.54) is 0 Å². The summed E-state index contributed by atoms with van der Waals surface area (Å²) >= 11 is 1.68. The maximum Gasteiger partial charge on any atom is 0.226 e. The third-order valence-corrected chi connectivity index (χ3v) is 3.41. The summed E-state index contributed by atoms with van der Waals surface area (Å²) in [7, 11) is 5.88. The molecule has 2 rings (SSSR count). The minimum Gasteiger partial charge on any atom is -0.353 e. The predicted octanol–water partition coefficient (Wildman–Crippen LogP) is 1.94. The van der Waals surface area contributed by atoms with Crippen LogP contribution in [-0.2, 0) is 6.54 Å². The lowest BCUT2D eigenvalue weighted by molar-refractivity contribution is 0.869. The van der Waals surface area contributed by atoms with E-state index >= 15 is 0 Å². The van der Waals surface area contributed by atoms with Gasteiger partial charge in [0, 0.05) is 38.4 Å². The Kier molecular flexibility index (Phi) is 3.76. The van der Waals surface area contributed by atoms with Crippen LogP contribution in [0.5, 0.6) is 0 Å². The van der Waals surface area contributed by atoms with E-state index in [1.807, 2.05) is 39.0 Å². The third-order valence-electron chi connectivity index (χ3n) is 2.46. The van der Waals surface area contributed by atoms with Crippen LogP contribution >= 0.6 is 11.3 Å². The van der Waals surface area contributed by atoms with Gasteiger partial charge in [0.15, 0.2) is 0 Å². The van der Waals surface area contributed by atoms with Crippen molar-refractivity contribution in [1.82, 2.24) is 15.0 Å². The summed E-state index contributed by atoms with van der Waals surface area (Å²) in [4.78, 5) is 17.1. The summed E-state index contributed by atoms with van der Waals surface area (Å²) in [6.07, 6.45) is 1.78. The fourth-order valence-corrected chi connectivity index (χ4v) is 2.35. The lowest BCUT2D eigenvalue weighted by Gasteiger charge is -2.18. The first-order valence-corrected chi connectivity index (χ1v) is 6.57. The molecule has 0 N–H and O–H groups in total. The third kappa shape index (κ3) is 2.95. The van der Waals surface area contributed by atoms with Gasteiger partial charge in [-0.05, 0) is 13.0 Å². The van der Waals surface area contributed by atoms with Gasteiger partial charge in [0.1, 0.15) is 10.8 Å². The van der Waals surface area contributed by atoms with Gasteiger partial charge in [-0.15, -0.1) is 11.3 Å². The highest BCUT2D eigenvalue weighted by molar-refractivity contribution is 7.09. The van der Waals surface area contributed by atoms with Crippen molar-refractivity contribution in [3.8, 4) is 0 Å². The van der Waals surface area contributed by atoms with Crippen LogP contribution in [0.3, 0.4) is 0 Å². The van der Waals surface area contributed by atoms with Crippen molar-refractivity contribution in [3.05, 3.63) is 28.3 Å². The van der Waals surface area contributed by atoms with E-state index in [1.54, 1.807) is 17.5 Å². The van der Waals surface area contributed by atoms with Crippen molar-refractivity contribution in [2.75, 3.05) is 30.9 Å². The second-order valence-electron chi connectivity index (χ2n) is 4.35. The van der Waals surface area contributed by atoms with Crippen LogP contribution in [0.1, 0.15) is 10.7 Å². The first kappa shape index (κ1) is 12.8. The Bertz CT molecular complexity index is 523. The summed E-state index contributed by atoms with van der Waals surface area (Å²) in [5.41, 5.74) is 1.07. The van der Waals surface area contributed by atoms with Crippen LogP contribution in [0.2, 0.25) is 0 Å². The second-order valence-corrected chi connectivity index (χ2v) is 5.29. The number of anilines is 2. The molecule has 0 saturated carbocycles. The lowest BCUT2D eigenvalue weighted by Crippen LogP contribution is -2.20. The fraction of sp³-hybridized carbons (Fsp3) is 0.417. The largest absolute Gasteiger partial charge is 0.353 e. The average molecular weight is 263 g/mol. The molecule has 0 atom stereocenters. The highest BCUT2D eigenvalue weighted by Gasteiger charge is 2.08. The Morgan fingerprint density at radius 1 is 1.22 bits per heavy atom. The predicted molar refractivity (Wildman–Crippen MR) is 75.3 cm³/mol. The molecule has 0 amide bonds. The summed E-state index contributed by atoms with van der Waals surface area (Å²) in [5.74, 6) is 1.62. The molecule has 0 saturated heterocycles. The molecule has 0 aliphatic carbocycles. The molecule has 2 aromatic heterocycles. The zero-order valence-electron chi connectivity index (χ0n) is 11.1. The maximum atomic E-state index is 4.49. The molecule has 0 aliphatic heterocycles. The molecular weight excluding hydrogens is 246 g/mol. The van der Waals surface area contributed by atoms with E-state index in [0.717, 1.165) is 29.0 Å². The minimum absolute atomic E-state index is 0.717. The minimum atomic E-state index is 0.717. The molecule has 0 spiro atoms. The molecule has 0 unspecified atom stereocenters. The Labute approximate surface area is 111 Å². The SMILES string of the molecule is Cc1csc(CN(C)c2ccnc(N(C)C)n2)n1. The summed E-state index contributed by atoms with van der Waals surface area (Å²) < 4.78 is 0. The van der Waals surface area contributed by atoms with Gasteiger partial charge >= 0.3 is 0 Å². The molecule has 0 aliphatic rings. The standard InChI is InChI=1S/C12H17N5S/c1-9-8-18-11(14-9)7-17(4)10-5-6-13-12(15-10)16(2)3/h5-6,8H,7H2,1-4H3. The van der Waals surface area contributed by atoms with E-state index in [2.05, 4.69) is 25.2 Å². The monoisotopic (exact) mass is 263 g/mol. The molecule has 0 radical (unpaired) electrons. The Morgan fingerprint density at radius 3 is 2.61 bits per heavy atom. The Balaban J connectivity index is 2.13. The molecule has 6 heteroatoms. The highest BCUT2D eigenvalue weighted by Crippen LogP contribution is 2.16. The number of hydrogen-bond acceptors (Lipinski definition) is 6. The van der Waals surface area contributed by atoms with Gasteiger partial charge < -0.3 is 9.80 Å². The van der Waals surface area contributed by atoms with Gasteiger partial charge in [-0.25, -0.2) is 9.97 Å². The molecular formula is C12H17N5S. The zero-order valence-corrected chi connectivity index (χ0v) is 11.9. The maximum absolute atomic E-state index is 4.49. The molecule has 96 valence electrons. The van der Waals surface area contributed by atoms with E-state index in [9.17, 15) is 0 Å². The highest BCUT2D eigenvalue weighted by atomic mass is 32.1. The summed E-state index contributed by atoms with van der Waals surface area (Å²) in [5, 5.41) is 3.16. The van der Waals surface area contributed by atoms with E-state index in [-0.39, 0.29) is 0 Å². The summed E-state index contributed by atoms with van der Waals surface area (Å²) in [6, 6.07) is 1.91. The second kappa shape index (κ2) is 5.30. The van der Waals surface area contributed by atoms with Crippen LogP contribution in [0.15, 0.2) is 17.6 Å². The average Bonchev–Trinajstić information content (AvgIpc) is 2.75. The van der Waals surface area contributed by atoms with Gasteiger partial charge in [-0.1, -0.05) is 0 Å². The van der Waals surface area contributed by atoms with Crippen LogP contribution in [0.4, 0.5) is 11.8 Å². The van der Waals surface area contributed by atoms with Crippen LogP contribution in [0, 0.1) is 6.92 Å². The summed E-state index contributed by atoms with van der Waals surface area (Å²) in [6.45, 7) is 2.78. The smallest absolute Gasteiger partial charge is 0.226 e. The van der Waals surface area contributed by atoms with Crippen LogP contribution in [0.25, 0.3) is 0 Å². The van der Waals surface area contributed by atoms with Gasteiger partial charge in [0.25, 0.3) is 0 Å². The number of aryl methyl sites for hydroxylation is 1. The molecule has 0 bridgehead atoms. The van der Waals surface area contributed by atoms with Crippen molar-refractivity contribution in [1.29, 1.82) is 0 Å². The zero-order chi connectivity index (χ0) is 13.1. The van der Waals surface area contributed by atoms with Gasteiger partial charge in [-0.2, -0.15) is 4.98 Å².